The Labute approximate surface area is 180 Å². The van der Waals surface area contributed by atoms with Gasteiger partial charge in [-0.2, -0.15) is 15.0 Å². The van der Waals surface area contributed by atoms with Crippen LogP contribution in [0, 0.1) is 0 Å². The van der Waals surface area contributed by atoms with Gasteiger partial charge in [0, 0.05) is 11.6 Å². The van der Waals surface area contributed by atoms with Crippen LogP contribution in [-0.2, 0) is 16.4 Å². The number of aromatic nitrogens is 3. The molecule has 2 aromatic carbocycles. The first-order valence-corrected chi connectivity index (χ1v) is 11.8. The summed E-state index contributed by atoms with van der Waals surface area (Å²) in [6.07, 6.45) is 2.08. The van der Waals surface area contributed by atoms with Crippen molar-refractivity contribution in [3.63, 3.8) is 0 Å². The number of hydrogen-bond acceptors (Lipinski definition) is 4. The third-order valence-electron chi connectivity index (χ3n) is 4.14. The number of aryl methyl sites for hydroxylation is 1. The van der Waals surface area contributed by atoms with Crippen LogP contribution in [-0.4, -0.2) is 29.5 Å². The topological polar surface area (TPSA) is 76.9 Å². The summed E-state index contributed by atoms with van der Waals surface area (Å²) >= 11 is 0. The molecule has 0 aliphatic carbocycles. The third-order valence-corrected chi connectivity index (χ3v) is 5.81. The lowest BCUT2D eigenvalue weighted by molar-refractivity contribution is 0.463. The van der Waals surface area contributed by atoms with E-state index in [9.17, 15) is 8.42 Å². The third kappa shape index (κ3) is 6.78. The first-order valence-electron chi connectivity index (χ1n) is 10.3. The second kappa shape index (κ2) is 11.0. The molecule has 1 aromatic heterocycles. The maximum absolute atomic E-state index is 11.5. The van der Waals surface area contributed by atoms with Gasteiger partial charge in [-0.1, -0.05) is 61.9 Å². The van der Waals surface area contributed by atoms with Crippen LogP contribution >= 0.6 is 0 Å². The van der Waals surface area contributed by atoms with Gasteiger partial charge in [-0.15, -0.1) is 0 Å². The molecule has 0 saturated carbocycles. The molecule has 1 heterocycles. The fourth-order valence-corrected chi connectivity index (χ4v) is 4.06. The molecule has 3 rings (SSSR count). The Bertz CT molecular complexity index is 998. The van der Waals surface area contributed by atoms with Crippen LogP contribution in [0.5, 0.6) is 0 Å². The average molecular weight is 429 g/mol. The number of nitrogens with one attached hydrogen (secondary N) is 1. The lowest BCUT2D eigenvalue weighted by Crippen LogP contribution is -2.30. The van der Waals surface area contributed by atoms with Gasteiger partial charge in [-0.3, -0.25) is 0 Å². The summed E-state index contributed by atoms with van der Waals surface area (Å²) in [5.41, 5.74) is 3.29. The van der Waals surface area contributed by atoms with Crippen molar-refractivity contribution in [1.29, 1.82) is 0 Å². The highest BCUT2D eigenvalue weighted by Gasteiger charge is 2.14. The summed E-state index contributed by atoms with van der Waals surface area (Å²) < 4.78 is 25.6. The highest BCUT2D eigenvalue weighted by atomic mass is 32.2. The van der Waals surface area contributed by atoms with Crippen molar-refractivity contribution >= 4 is 10.0 Å². The van der Waals surface area contributed by atoms with E-state index in [2.05, 4.69) is 47.8 Å². The molecule has 0 aliphatic rings. The van der Waals surface area contributed by atoms with Crippen molar-refractivity contribution < 1.29 is 8.42 Å². The fourth-order valence-electron chi connectivity index (χ4n) is 2.79. The number of hydrogen-bond donors (Lipinski definition) is 1. The molecule has 0 unspecified atom stereocenters. The molecule has 162 valence electrons. The van der Waals surface area contributed by atoms with Crippen molar-refractivity contribution in [3.05, 3.63) is 66.4 Å². The van der Waals surface area contributed by atoms with Gasteiger partial charge in [-0.25, -0.2) is 13.1 Å². The Kier molecular flexibility index (Phi) is 8.74. The van der Waals surface area contributed by atoms with Crippen LogP contribution in [0.2, 0.25) is 0 Å². The van der Waals surface area contributed by atoms with Crippen LogP contribution in [0.15, 0.2) is 65.6 Å². The van der Waals surface area contributed by atoms with E-state index in [1.54, 1.807) is 44.2 Å². The minimum absolute atomic E-state index is 0.0785. The van der Waals surface area contributed by atoms with Crippen molar-refractivity contribution in [3.8, 4) is 11.3 Å². The average Bonchev–Trinajstić information content (AvgIpc) is 3.14. The Morgan fingerprint density at radius 3 is 1.97 bits per heavy atom. The molecule has 0 radical (unpaired) electrons. The van der Waals surface area contributed by atoms with E-state index in [1.807, 2.05) is 23.0 Å². The molecule has 6 nitrogen and oxygen atoms in total. The minimum atomic E-state index is -3.31. The molecule has 0 aliphatic heterocycles. The van der Waals surface area contributed by atoms with Crippen molar-refractivity contribution in [2.75, 3.05) is 0 Å². The number of rotatable bonds is 7. The number of nitrogens with zero attached hydrogens (tertiary/aromatic N) is 3. The normalized spacial score (nSPS) is 11.4. The Morgan fingerprint density at radius 2 is 1.47 bits per heavy atom. The van der Waals surface area contributed by atoms with Gasteiger partial charge in [0.15, 0.2) is 0 Å². The number of sulfonamides is 1. The minimum Gasteiger partial charge on any atom is -0.209 e. The molecule has 30 heavy (non-hydrogen) atoms. The van der Waals surface area contributed by atoms with E-state index in [-0.39, 0.29) is 6.04 Å². The van der Waals surface area contributed by atoms with Crippen LogP contribution in [0.25, 0.3) is 11.3 Å². The van der Waals surface area contributed by atoms with Gasteiger partial charge >= 0.3 is 0 Å². The second-order valence-electron chi connectivity index (χ2n) is 7.61. The van der Waals surface area contributed by atoms with Gasteiger partial charge < -0.3 is 0 Å². The zero-order valence-electron chi connectivity index (χ0n) is 18.4. The summed E-state index contributed by atoms with van der Waals surface area (Å²) in [4.78, 5) is 2.12. The van der Waals surface area contributed by atoms with Gasteiger partial charge in [0.05, 0.1) is 16.6 Å². The highest BCUT2D eigenvalue weighted by molar-refractivity contribution is 7.89. The van der Waals surface area contributed by atoms with E-state index in [0.717, 1.165) is 29.8 Å². The fraction of sp³-hybridized carbons (Fsp3) is 0.391. The molecular weight excluding hydrogens is 396 g/mol. The monoisotopic (exact) mass is 428 g/mol. The Hall–Kier alpha value is -2.51. The standard InChI is InChI=1S/C14H19N3.C9H13NO2S/c1-4-8-13-14(12-9-6-5-7-10-12)16-17(15-13)11(2)3;1-8(2)10-13(11,12)9-6-4-3-5-7-9/h5-7,9-11H,4,8H2,1-3H3;3-8,10H,1-2H3. The zero-order valence-corrected chi connectivity index (χ0v) is 19.2. The summed E-state index contributed by atoms with van der Waals surface area (Å²) in [5, 5.41) is 9.19. The molecule has 1 N–H and O–H groups in total. The van der Waals surface area contributed by atoms with Gasteiger partial charge in [-0.05, 0) is 46.2 Å². The van der Waals surface area contributed by atoms with Crippen LogP contribution < -0.4 is 4.72 Å². The predicted octanol–water partition coefficient (Wildman–Crippen LogP) is 4.85. The zero-order chi connectivity index (χ0) is 22.1. The summed E-state index contributed by atoms with van der Waals surface area (Å²) in [6.45, 7) is 9.96. The second-order valence-corrected chi connectivity index (χ2v) is 9.33. The molecule has 0 fully saturated rings. The van der Waals surface area contributed by atoms with Crippen molar-refractivity contribution in [1.82, 2.24) is 19.7 Å². The first-order chi connectivity index (χ1) is 14.2. The highest BCUT2D eigenvalue weighted by Crippen LogP contribution is 2.22. The van der Waals surface area contributed by atoms with Crippen LogP contribution in [0.4, 0.5) is 0 Å². The first kappa shape index (κ1) is 23.8. The van der Waals surface area contributed by atoms with E-state index in [4.69, 9.17) is 0 Å². The van der Waals surface area contributed by atoms with Gasteiger partial charge in [0.25, 0.3) is 0 Å². The van der Waals surface area contributed by atoms with E-state index in [0.29, 0.717) is 10.9 Å². The summed E-state index contributed by atoms with van der Waals surface area (Å²) in [5.74, 6) is 0. The molecule has 0 saturated heterocycles. The summed E-state index contributed by atoms with van der Waals surface area (Å²) in [7, 11) is -3.31. The molecule has 0 atom stereocenters. The molecule has 0 spiro atoms. The molecule has 7 heteroatoms. The number of benzene rings is 2. The molecule has 0 amide bonds. The lowest BCUT2D eigenvalue weighted by Gasteiger charge is -2.08. The van der Waals surface area contributed by atoms with Crippen molar-refractivity contribution in [2.24, 2.45) is 0 Å². The molecule has 0 bridgehead atoms. The van der Waals surface area contributed by atoms with Crippen molar-refractivity contribution in [2.45, 2.75) is 64.4 Å². The van der Waals surface area contributed by atoms with E-state index < -0.39 is 10.0 Å². The Morgan fingerprint density at radius 1 is 0.900 bits per heavy atom. The molecule has 3 aromatic rings. The predicted molar refractivity (Wildman–Crippen MR) is 122 cm³/mol. The van der Waals surface area contributed by atoms with E-state index >= 15 is 0 Å². The van der Waals surface area contributed by atoms with Crippen LogP contribution in [0.3, 0.4) is 0 Å². The quantitative estimate of drug-likeness (QED) is 0.583. The van der Waals surface area contributed by atoms with Gasteiger partial charge in [0.1, 0.15) is 5.69 Å². The lowest BCUT2D eigenvalue weighted by atomic mass is 10.1. The van der Waals surface area contributed by atoms with E-state index in [1.165, 1.54) is 0 Å². The summed E-state index contributed by atoms with van der Waals surface area (Å²) in [6, 6.07) is 18.9. The largest absolute Gasteiger partial charge is 0.240 e. The van der Waals surface area contributed by atoms with Crippen LogP contribution in [0.1, 0.15) is 52.8 Å². The Balaban J connectivity index is 0.000000222. The maximum atomic E-state index is 11.5. The smallest absolute Gasteiger partial charge is 0.209 e. The van der Waals surface area contributed by atoms with Gasteiger partial charge in [0.2, 0.25) is 10.0 Å². The maximum Gasteiger partial charge on any atom is 0.240 e. The SMILES string of the molecule is CC(C)NS(=O)(=O)c1ccccc1.CCCc1nn(C(C)C)nc1-c1ccccc1. The molecular formula is C23H32N4O2S.